The van der Waals surface area contributed by atoms with Gasteiger partial charge in [-0.25, -0.2) is 4.39 Å². The van der Waals surface area contributed by atoms with E-state index in [2.05, 4.69) is 32.6 Å². The van der Waals surface area contributed by atoms with Gasteiger partial charge < -0.3 is 14.1 Å². The number of carbonyl (C=O) groups is 1. The molecular weight excluding hydrogens is 701 g/mol. The van der Waals surface area contributed by atoms with E-state index in [0.29, 0.717) is 11.1 Å². The summed E-state index contributed by atoms with van der Waals surface area (Å²) in [5.41, 5.74) is 5.34. The Hall–Kier alpha value is -4.64. The number of aromatic nitrogens is 1. The fourth-order valence-corrected chi connectivity index (χ4v) is 12.5. The van der Waals surface area contributed by atoms with Crippen molar-refractivity contribution in [1.82, 2.24) is 4.98 Å². The lowest BCUT2D eigenvalue weighted by Crippen LogP contribution is -2.68. The maximum Gasteiger partial charge on any atom is 0.305 e. The van der Waals surface area contributed by atoms with Crippen molar-refractivity contribution in [3.05, 3.63) is 138 Å². The molecule has 5 rings (SSSR count). The molecule has 0 amide bonds. The molecule has 0 spiro atoms. The number of hydrogen-bond acceptors (Lipinski definition) is 5. The van der Waals surface area contributed by atoms with Gasteiger partial charge >= 0.3 is 5.97 Å². The van der Waals surface area contributed by atoms with Gasteiger partial charge in [-0.2, -0.15) is 0 Å². The second-order valence-electron chi connectivity index (χ2n) is 14.5. The van der Waals surface area contributed by atoms with Crippen LogP contribution in [-0.4, -0.2) is 43.2 Å². The first kappa shape index (κ1) is 39.6. The first-order valence-corrected chi connectivity index (χ1v) is 21.3. The number of pyridine rings is 1. The van der Waals surface area contributed by atoms with E-state index in [4.69, 9.17) is 13.9 Å². The van der Waals surface area contributed by atoms with Crippen molar-refractivity contribution in [2.24, 2.45) is 0 Å². The van der Waals surface area contributed by atoms with Gasteiger partial charge in [0.05, 0.1) is 29.5 Å². The Morgan fingerprint density at radius 2 is 1.47 bits per heavy atom. The number of nitrogens with zero attached hydrogens (tertiary/aromatic N) is 1. The Kier molecular flexibility index (Phi) is 13.0. The summed E-state index contributed by atoms with van der Waals surface area (Å²) in [4.78, 5) is 17.2. The lowest BCUT2D eigenvalue weighted by atomic mass is 9.92. The smallest absolute Gasteiger partial charge is 0.305 e. The first-order valence-electron chi connectivity index (χ1n) is 17.8. The Morgan fingerprint density at radius 1 is 0.887 bits per heavy atom. The number of halogens is 1. The van der Waals surface area contributed by atoms with Crippen LogP contribution < -0.4 is 10.4 Å². The van der Waals surface area contributed by atoms with Crippen LogP contribution in [0.3, 0.4) is 0 Å². The summed E-state index contributed by atoms with van der Waals surface area (Å²) in [7, 11) is -5.90. The number of rotatable bonds is 13. The van der Waals surface area contributed by atoms with E-state index in [-0.39, 0.29) is 30.9 Å². The molecule has 0 saturated heterocycles. The van der Waals surface area contributed by atoms with Crippen molar-refractivity contribution in [3.8, 4) is 34.2 Å². The van der Waals surface area contributed by atoms with Crippen molar-refractivity contribution >= 4 is 32.7 Å². The lowest BCUT2D eigenvalue weighted by Gasteiger charge is -2.45. The minimum Gasteiger partial charge on any atom is -0.481 e. The van der Waals surface area contributed by atoms with Crippen LogP contribution in [0.25, 0.3) is 22.4 Å². The van der Waals surface area contributed by atoms with Gasteiger partial charge in [0.2, 0.25) is 0 Å². The van der Waals surface area contributed by atoms with Crippen LogP contribution >= 0.6 is 8.03 Å². The van der Waals surface area contributed by atoms with Crippen molar-refractivity contribution in [3.63, 3.8) is 0 Å². The predicted molar refractivity (Wildman–Crippen MR) is 215 cm³/mol. The maximum atomic E-state index is 14.4. The Morgan fingerprint density at radius 3 is 2.00 bits per heavy atom. The molecule has 0 aliphatic rings. The van der Waals surface area contributed by atoms with Gasteiger partial charge in [-0.1, -0.05) is 144 Å². The summed E-state index contributed by atoms with van der Waals surface area (Å²) in [6, 6.07) is 36.7. The number of carboxylic acid groups (broad SMARTS) is 1. The topological polar surface area (TPSA) is 85.7 Å². The minimum atomic E-state index is -3.12. The molecule has 0 aliphatic heterocycles. The number of aryl methyl sites for hydroxylation is 1. The van der Waals surface area contributed by atoms with E-state index in [0.717, 1.165) is 38.5 Å². The molecule has 0 bridgehead atoms. The third kappa shape index (κ3) is 9.48. The van der Waals surface area contributed by atoms with E-state index >= 15 is 0 Å². The number of hydrogen-bond donors (Lipinski definition) is 1. The first-order chi connectivity index (χ1) is 25.3. The predicted octanol–water partition coefficient (Wildman–Crippen LogP) is 9.25. The third-order valence-electron chi connectivity index (χ3n) is 9.21. The molecule has 2 atom stereocenters. The largest absolute Gasteiger partial charge is 0.481 e. The zero-order valence-electron chi connectivity index (χ0n) is 31.2. The highest BCUT2D eigenvalue weighted by Gasteiger charge is 2.51. The van der Waals surface area contributed by atoms with Crippen LogP contribution in [0.4, 0.5) is 4.39 Å². The molecular formula is C44H47FNO5PSi. The van der Waals surface area contributed by atoms with Gasteiger partial charge in [0.15, 0.2) is 8.03 Å². The second-order valence-corrected chi connectivity index (χ2v) is 20.2. The molecule has 0 saturated carbocycles. The Balaban J connectivity index is 1.45. The summed E-state index contributed by atoms with van der Waals surface area (Å²) in [6.07, 6.45) is -1.27. The molecule has 1 aromatic heterocycles. The SMILES string of the molecule is Cc1cc(-c2cc(-c3ccccc3)nc(C(C)C)c2C#CCO[PH](=O)CC(CC(=O)O)O[Si](c2ccccc2)(c2ccccc2)C(C)(C)C)ccc1F. The monoisotopic (exact) mass is 747 g/mol. The molecule has 0 fully saturated rings. The minimum absolute atomic E-state index is 0.0127. The molecule has 6 nitrogen and oxygen atoms in total. The molecule has 1 N–H and O–H groups in total. The lowest BCUT2D eigenvalue weighted by molar-refractivity contribution is -0.138. The maximum absolute atomic E-state index is 14.4. The van der Waals surface area contributed by atoms with Gasteiger partial charge in [0.1, 0.15) is 12.4 Å². The van der Waals surface area contributed by atoms with Crippen molar-refractivity contribution < 1.29 is 27.8 Å². The summed E-state index contributed by atoms with van der Waals surface area (Å²) in [5.74, 6) is 4.98. The molecule has 0 aliphatic carbocycles. The van der Waals surface area contributed by atoms with E-state index < -0.39 is 33.5 Å². The molecule has 2 unspecified atom stereocenters. The zero-order valence-corrected chi connectivity index (χ0v) is 33.2. The molecule has 4 aromatic carbocycles. The average molecular weight is 748 g/mol. The van der Waals surface area contributed by atoms with Gasteiger partial charge in [0, 0.05) is 17.3 Å². The van der Waals surface area contributed by atoms with Crippen molar-refractivity contribution in [1.29, 1.82) is 0 Å². The Bertz CT molecular complexity index is 2070. The van der Waals surface area contributed by atoms with Crippen LogP contribution in [0.2, 0.25) is 5.04 Å². The standard InChI is InChI=1S/C44H47FNO5PSi/c1-31(2)43-38(39(34-24-25-40(45)32(3)27-34)29-41(46-43)33-17-10-7-11-18-33)23-16-26-50-52(49)30-35(28-42(47)48)51-53(44(4,5)6,36-19-12-8-13-20-36)37-21-14-9-15-22-37/h7-15,17-22,24-25,27,29,31,35,52H,26,28,30H2,1-6H3,(H,47,48). The van der Waals surface area contributed by atoms with E-state index in [1.165, 1.54) is 6.07 Å². The van der Waals surface area contributed by atoms with Crippen LogP contribution in [0.15, 0.2) is 115 Å². The normalized spacial score (nSPS) is 12.9. The Labute approximate surface area is 314 Å². The highest BCUT2D eigenvalue weighted by atomic mass is 31.1. The van der Waals surface area contributed by atoms with Crippen molar-refractivity contribution in [2.75, 3.05) is 12.8 Å². The highest BCUT2D eigenvalue weighted by molar-refractivity contribution is 7.39. The summed E-state index contributed by atoms with van der Waals surface area (Å²) < 4.78 is 40.8. The zero-order chi connectivity index (χ0) is 38.2. The average Bonchev–Trinajstić information content (AvgIpc) is 3.13. The molecule has 5 aromatic rings. The molecule has 9 heteroatoms. The fourth-order valence-electron chi connectivity index (χ4n) is 6.69. The van der Waals surface area contributed by atoms with E-state index in [1.54, 1.807) is 19.1 Å². The summed E-state index contributed by atoms with van der Waals surface area (Å²) in [5, 5.41) is 11.6. The highest BCUT2D eigenvalue weighted by Crippen LogP contribution is 2.39. The van der Waals surface area contributed by atoms with Crippen LogP contribution in [0.1, 0.15) is 63.8 Å². The number of carboxylic acids is 1. The van der Waals surface area contributed by atoms with Crippen molar-refractivity contribution in [2.45, 2.75) is 65.0 Å². The fraction of sp³-hybridized carbons (Fsp3) is 0.273. The molecule has 53 heavy (non-hydrogen) atoms. The second kappa shape index (κ2) is 17.5. The van der Waals surface area contributed by atoms with E-state index in [9.17, 15) is 18.9 Å². The van der Waals surface area contributed by atoms with Gasteiger partial charge in [-0.15, -0.1) is 0 Å². The summed E-state index contributed by atoms with van der Waals surface area (Å²) >= 11 is 0. The van der Waals surface area contributed by atoms with Crippen LogP contribution in [0.5, 0.6) is 0 Å². The number of benzene rings is 4. The molecule has 0 radical (unpaired) electrons. The molecule has 1 heterocycles. The van der Waals surface area contributed by atoms with Gasteiger partial charge in [-0.3, -0.25) is 14.3 Å². The quantitative estimate of drug-likeness (QED) is 0.0735. The van der Waals surface area contributed by atoms with Gasteiger partial charge in [0.25, 0.3) is 8.32 Å². The number of aliphatic carboxylic acids is 1. The van der Waals surface area contributed by atoms with Crippen LogP contribution in [-0.2, 0) is 18.3 Å². The van der Waals surface area contributed by atoms with Gasteiger partial charge in [-0.05, 0) is 57.6 Å². The molecule has 274 valence electrons. The van der Waals surface area contributed by atoms with Crippen LogP contribution in [0, 0.1) is 24.6 Å². The summed E-state index contributed by atoms with van der Waals surface area (Å²) in [6.45, 7) is 12.0. The third-order valence-corrected chi connectivity index (χ3v) is 15.6. The van der Waals surface area contributed by atoms with E-state index in [1.807, 2.05) is 111 Å².